The molecular formula is C75H81N11O17S3. The van der Waals surface area contributed by atoms with E-state index in [-0.39, 0.29) is 42.7 Å². The average Bonchev–Trinajstić information content (AvgIpc) is 1.66. The van der Waals surface area contributed by atoms with Crippen molar-refractivity contribution in [2.75, 3.05) is 6.54 Å². The number of benzene rings is 6. The number of amides is 5. The van der Waals surface area contributed by atoms with Gasteiger partial charge in [-0.1, -0.05) is 148 Å². The number of fused-ring (bicyclic) bond motifs is 3. The molecule has 0 saturated carbocycles. The third kappa shape index (κ3) is 22.5. The fourth-order valence-electron chi connectivity index (χ4n) is 12.5. The van der Waals surface area contributed by atoms with Gasteiger partial charge in [0.25, 0.3) is 17.1 Å². The summed E-state index contributed by atoms with van der Waals surface area (Å²) in [6.07, 6.45) is 5.08. The van der Waals surface area contributed by atoms with Crippen LogP contribution in [0.4, 0.5) is 17.1 Å². The van der Waals surface area contributed by atoms with Crippen LogP contribution in [-0.4, -0.2) is 123 Å². The molecule has 0 aliphatic rings. The summed E-state index contributed by atoms with van der Waals surface area (Å²) in [5, 5.41) is 83.6. The Balaban J connectivity index is 1.00. The van der Waals surface area contributed by atoms with Gasteiger partial charge in [0.2, 0.25) is 29.5 Å². The van der Waals surface area contributed by atoms with E-state index in [0.717, 1.165) is 44.9 Å². The second kappa shape index (κ2) is 38.1. The van der Waals surface area contributed by atoms with Crippen LogP contribution in [0.3, 0.4) is 0 Å². The van der Waals surface area contributed by atoms with E-state index < -0.39 is 131 Å². The first-order chi connectivity index (χ1) is 50.9. The Kier molecular flexibility index (Phi) is 28.4. The monoisotopic (exact) mass is 1500 g/mol. The number of hydrogen-bond donors (Lipinski definition) is 11. The summed E-state index contributed by atoms with van der Waals surface area (Å²) in [7, 11) is 0. The quantitative estimate of drug-likeness (QED) is 0.00960. The fraction of sp³-hybridized carbons (Fsp3) is 0.333. The van der Waals surface area contributed by atoms with Crippen LogP contribution in [0, 0.1) is 30.3 Å². The number of carbonyl (C=O) groups is 8. The van der Waals surface area contributed by atoms with E-state index in [1.54, 1.807) is 72.8 Å². The van der Waals surface area contributed by atoms with Gasteiger partial charge in [0.05, 0.1) is 36.4 Å². The van der Waals surface area contributed by atoms with Crippen LogP contribution in [-0.2, 0) is 57.6 Å². The molecule has 3 aromatic heterocycles. The van der Waals surface area contributed by atoms with E-state index >= 15 is 0 Å². The highest BCUT2D eigenvalue weighted by Crippen LogP contribution is 2.40. The van der Waals surface area contributed by atoms with Crippen molar-refractivity contribution in [2.24, 2.45) is 0 Å². The van der Waals surface area contributed by atoms with Crippen molar-refractivity contribution >= 4 is 133 Å². The van der Waals surface area contributed by atoms with Gasteiger partial charge in [-0.25, -0.2) is 14.4 Å². The number of aliphatic carboxylic acids is 3. The van der Waals surface area contributed by atoms with Crippen LogP contribution in [0.15, 0.2) is 175 Å². The SMILES string of the molecule is CCCCCCCCCCCC(=O)NCC(=O)NC(CCC(=O)NC(Cc1c(Sc2ccc([N+](=O)[O-])cc2)[nH]c2ccccc12)C(=O)O)(CCC(=O)NC(Cc1c(Sc2ccc([N+](=O)[O-])cc2)[nH]c2ccccc12)C(=O)O)CCC(=O)NC(Cc1c(Sc2ccc([N+](=O)[O-])cc2)[nH]c2ccccc12)C(=O)O. The number of aromatic amines is 3. The smallest absolute Gasteiger partial charge is 0.326 e. The molecule has 31 heteroatoms. The Morgan fingerprint density at radius 3 is 1.01 bits per heavy atom. The molecule has 11 N–H and O–H groups in total. The molecule has 0 bridgehead atoms. The predicted octanol–water partition coefficient (Wildman–Crippen LogP) is 13.3. The van der Waals surface area contributed by atoms with Crippen LogP contribution in [0.1, 0.15) is 126 Å². The normalized spacial score (nSPS) is 12.7. The molecule has 0 fully saturated rings. The Morgan fingerprint density at radius 2 is 0.708 bits per heavy atom. The predicted molar refractivity (Wildman–Crippen MR) is 400 cm³/mol. The topological polar surface area (TPSA) is 434 Å². The van der Waals surface area contributed by atoms with Gasteiger partial charge in [0.15, 0.2) is 0 Å². The Bertz CT molecular complexity index is 4240. The summed E-state index contributed by atoms with van der Waals surface area (Å²) in [6.45, 7) is 1.53. The molecule has 106 heavy (non-hydrogen) atoms. The number of rotatable bonds is 43. The zero-order valence-corrected chi connectivity index (χ0v) is 60.3. The minimum atomic E-state index is -1.83. The summed E-state index contributed by atoms with van der Waals surface area (Å²) >= 11 is 3.53. The summed E-state index contributed by atoms with van der Waals surface area (Å²) < 4.78 is 0. The lowest BCUT2D eigenvalue weighted by molar-refractivity contribution is -0.385. The molecule has 28 nitrogen and oxygen atoms in total. The minimum absolute atomic E-state index is 0.0936. The zero-order chi connectivity index (χ0) is 75.9. The summed E-state index contributed by atoms with van der Waals surface area (Å²) in [5.74, 6) is -8.18. The third-order valence-corrected chi connectivity index (χ3v) is 21.3. The van der Waals surface area contributed by atoms with Crippen molar-refractivity contribution < 1.29 is 68.4 Å². The first kappa shape index (κ1) is 79.1. The Labute approximate surface area is 620 Å². The van der Waals surface area contributed by atoms with Crippen molar-refractivity contribution in [1.82, 2.24) is 41.5 Å². The fourth-order valence-corrected chi connectivity index (χ4v) is 15.4. The van der Waals surface area contributed by atoms with Crippen molar-refractivity contribution in [1.29, 1.82) is 0 Å². The van der Waals surface area contributed by atoms with E-state index in [9.17, 15) is 84.0 Å². The van der Waals surface area contributed by atoms with Gasteiger partial charge < -0.3 is 56.9 Å². The molecule has 9 aromatic rings. The lowest BCUT2D eigenvalue weighted by Crippen LogP contribution is -2.54. The first-order valence-corrected chi connectivity index (χ1v) is 37.1. The van der Waals surface area contributed by atoms with E-state index in [2.05, 4.69) is 48.5 Å². The van der Waals surface area contributed by atoms with Crippen LogP contribution in [0.5, 0.6) is 0 Å². The number of para-hydroxylation sites is 3. The number of carboxylic acids is 3. The summed E-state index contributed by atoms with van der Waals surface area (Å²) in [6, 6.07) is 33.5. The standard InChI is InChI=1S/C75H81N11O17S3/c1-2-3-4-5-6-7-8-9-10-23-64(87)76-45-68(91)83-75(39-36-65(88)77-61(72(92)93)42-55-52-17-11-14-20-58(52)80-69(55)104-49-30-24-46(25-31-49)84(98)99,40-37-66(89)78-62(73(94)95)43-56-53-18-12-15-21-59(53)81-70(56)105-50-32-26-47(27-33-50)85(100)101)41-38-67(90)79-63(74(96)97)44-57-54-19-13-16-22-60(54)82-71(57)106-51-34-28-48(29-35-51)86(102)103/h11-22,24-35,61-63,80-82H,2-10,23,36-45H2,1H3,(H,76,87)(H,77,88)(H,78,89)(H,79,90)(H,83,91)(H,92,93)(H,94,95)(H,96,97). The van der Waals surface area contributed by atoms with Gasteiger partial charge in [-0.15, -0.1) is 0 Å². The van der Waals surface area contributed by atoms with E-state index in [4.69, 9.17) is 0 Å². The van der Waals surface area contributed by atoms with E-state index in [1.165, 1.54) is 115 Å². The van der Waals surface area contributed by atoms with Crippen molar-refractivity contribution in [2.45, 2.75) is 182 Å². The Morgan fingerprint density at radius 1 is 0.406 bits per heavy atom. The number of nitrogens with zero attached hydrogens (tertiary/aromatic N) is 3. The van der Waals surface area contributed by atoms with Crippen LogP contribution >= 0.6 is 35.3 Å². The number of nitrogens with one attached hydrogen (secondary N) is 8. The van der Waals surface area contributed by atoms with Gasteiger partial charge in [-0.2, -0.15) is 0 Å². The zero-order valence-electron chi connectivity index (χ0n) is 57.9. The number of carbonyl (C=O) groups excluding carboxylic acids is 5. The summed E-state index contributed by atoms with van der Waals surface area (Å²) in [4.78, 5) is 156. The van der Waals surface area contributed by atoms with Crippen LogP contribution in [0.2, 0.25) is 0 Å². The number of hydrogen-bond acceptors (Lipinski definition) is 17. The molecule has 5 amide bonds. The molecule has 0 aliphatic heterocycles. The van der Waals surface area contributed by atoms with Crippen LogP contribution < -0.4 is 26.6 Å². The molecule has 3 heterocycles. The largest absolute Gasteiger partial charge is 0.480 e. The second-order valence-electron chi connectivity index (χ2n) is 25.7. The molecule has 6 aromatic carbocycles. The molecule has 3 unspecified atom stereocenters. The third-order valence-electron chi connectivity index (χ3n) is 18.1. The van der Waals surface area contributed by atoms with Gasteiger partial charge in [-0.3, -0.25) is 54.3 Å². The Hall–Kier alpha value is -11.1. The maximum Gasteiger partial charge on any atom is 0.326 e. The van der Waals surface area contributed by atoms with Crippen LogP contribution in [0.25, 0.3) is 32.7 Å². The molecule has 556 valence electrons. The maximum atomic E-state index is 14.6. The number of carboxylic acid groups (broad SMARTS) is 3. The van der Waals surface area contributed by atoms with Crippen molar-refractivity contribution in [3.8, 4) is 0 Å². The number of nitro benzene ring substituents is 3. The maximum absolute atomic E-state index is 14.6. The summed E-state index contributed by atoms with van der Waals surface area (Å²) in [5.41, 5.74) is 1.05. The van der Waals surface area contributed by atoms with E-state index in [1.807, 2.05) is 0 Å². The molecular weight excluding hydrogens is 1420 g/mol. The van der Waals surface area contributed by atoms with Gasteiger partial charge in [-0.05, 0) is 97.0 Å². The van der Waals surface area contributed by atoms with Gasteiger partial charge >= 0.3 is 17.9 Å². The average molecular weight is 1500 g/mol. The lowest BCUT2D eigenvalue weighted by atomic mass is 9.82. The van der Waals surface area contributed by atoms with Crippen molar-refractivity contribution in [3.63, 3.8) is 0 Å². The molecule has 0 saturated heterocycles. The highest BCUT2D eigenvalue weighted by atomic mass is 32.2. The van der Waals surface area contributed by atoms with Crippen molar-refractivity contribution in [3.05, 3.63) is 193 Å². The van der Waals surface area contributed by atoms with Gasteiger partial charge in [0.1, 0.15) is 18.1 Å². The number of nitro groups is 3. The lowest BCUT2D eigenvalue weighted by Gasteiger charge is -2.35. The molecule has 0 aliphatic carbocycles. The molecule has 0 spiro atoms. The molecule has 0 radical (unpaired) electrons. The van der Waals surface area contributed by atoms with Gasteiger partial charge in [0, 0.05) is 134 Å². The second-order valence-corrected chi connectivity index (χ2v) is 28.9. The number of aromatic nitrogens is 3. The number of H-pyrrole nitrogens is 3. The number of unbranched alkanes of at least 4 members (excludes halogenated alkanes) is 8. The highest BCUT2D eigenvalue weighted by molar-refractivity contribution is 7.99. The molecule has 3 atom stereocenters. The highest BCUT2D eigenvalue weighted by Gasteiger charge is 2.37. The first-order valence-electron chi connectivity index (χ1n) is 34.6. The minimum Gasteiger partial charge on any atom is -0.480 e. The molecule has 9 rings (SSSR count). The number of non-ortho nitro benzene ring substituents is 3. The van der Waals surface area contributed by atoms with E-state index in [0.29, 0.717) is 85.6 Å².